The number of nitrogens with zero attached hydrogens (tertiary/aromatic N) is 2. The van der Waals surface area contributed by atoms with Crippen LogP contribution in [0, 0.1) is 10.3 Å². The molecule has 0 amide bonds. The highest BCUT2D eigenvalue weighted by Crippen LogP contribution is 2.26. The molecule has 3 heteroatoms. The van der Waals surface area contributed by atoms with Gasteiger partial charge in [0.15, 0.2) is 0 Å². The van der Waals surface area contributed by atoms with Crippen molar-refractivity contribution in [3.8, 4) is 0 Å². The van der Waals surface area contributed by atoms with Crippen LogP contribution in [-0.4, -0.2) is 11.5 Å². The highest BCUT2D eigenvalue weighted by molar-refractivity contribution is 6.05. The second-order valence-electron chi connectivity index (χ2n) is 6.29. The summed E-state index contributed by atoms with van der Waals surface area (Å²) in [6, 6.07) is 16.7. The summed E-state index contributed by atoms with van der Waals surface area (Å²) in [5.41, 5.74) is 1.88. The number of hydrogen-bond donors (Lipinski definition) is 0. The first-order valence-electron chi connectivity index (χ1n) is 7.16. The van der Waals surface area contributed by atoms with Crippen molar-refractivity contribution >= 4 is 21.7 Å². The van der Waals surface area contributed by atoms with Crippen molar-refractivity contribution in [2.24, 2.45) is 10.6 Å². The lowest BCUT2D eigenvalue weighted by atomic mass is 9.87. The Morgan fingerprint density at radius 1 is 1.00 bits per heavy atom. The zero-order valence-corrected chi connectivity index (χ0v) is 12.3. The van der Waals surface area contributed by atoms with Gasteiger partial charge in [-0.2, -0.15) is 4.91 Å². The second-order valence-corrected chi connectivity index (χ2v) is 6.29. The molecule has 0 saturated carbocycles. The van der Waals surface area contributed by atoms with Gasteiger partial charge in [-0.05, 0) is 23.3 Å². The van der Waals surface area contributed by atoms with Gasteiger partial charge in [0.2, 0.25) is 0 Å². The second kappa shape index (κ2) is 5.24. The van der Waals surface area contributed by atoms with Crippen molar-refractivity contribution in [2.45, 2.75) is 20.3 Å². The lowest BCUT2D eigenvalue weighted by Crippen LogP contribution is -2.19. The summed E-state index contributed by atoms with van der Waals surface area (Å²) in [5, 5.41) is 6.55. The maximum atomic E-state index is 10.5. The van der Waals surface area contributed by atoms with Gasteiger partial charge in [0.05, 0.1) is 12.1 Å². The minimum Gasteiger partial charge on any atom is -0.252 e. The van der Waals surface area contributed by atoms with Crippen LogP contribution in [0.5, 0.6) is 0 Å². The smallest absolute Gasteiger partial charge is 0.0865 e. The molecule has 0 unspecified atom stereocenters. The summed E-state index contributed by atoms with van der Waals surface area (Å²) in [6.45, 7) is 4.40. The minimum absolute atomic E-state index is 0.160. The molecule has 1 heterocycles. The van der Waals surface area contributed by atoms with Crippen molar-refractivity contribution in [3.63, 3.8) is 0 Å². The molecular weight excluding hydrogens is 260 g/mol. The number of fused-ring (bicyclic) bond motifs is 3. The van der Waals surface area contributed by atoms with E-state index in [-0.39, 0.29) is 5.41 Å². The fourth-order valence-electron chi connectivity index (χ4n) is 2.72. The van der Waals surface area contributed by atoms with Gasteiger partial charge < -0.3 is 0 Å². The molecule has 0 fully saturated rings. The fraction of sp³-hybridized carbons (Fsp3) is 0.278. The molecule has 0 atom stereocenters. The summed E-state index contributed by atoms with van der Waals surface area (Å²) >= 11 is 0. The molecule has 3 nitrogen and oxygen atoms in total. The highest BCUT2D eigenvalue weighted by Gasteiger charge is 2.20. The summed E-state index contributed by atoms with van der Waals surface area (Å²) in [7, 11) is 0. The standard InChI is InChI=1S/C18H18N2O/c1-18(2,12-19-21)11-15-10-9-14-8-7-13-5-3-4-6-16(13)17(14)20-15/h3-10H,11-12H2,1-2H3. The van der Waals surface area contributed by atoms with E-state index in [9.17, 15) is 4.91 Å². The summed E-state index contributed by atoms with van der Waals surface area (Å²) < 4.78 is 0. The van der Waals surface area contributed by atoms with Crippen molar-refractivity contribution in [2.75, 3.05) is 6.54 Å². The molecule has 0 aliphatic carbocycles. The molecular formula is C18H18N2O. The molecule has 106 valence electrons. The number of aromatic nitrogens is 1. The van der Waals surface area contributed by atoms with Crippen LogP contribution in [0.25, 0.3) is 21.7 Å². The quantitative estimate of drug-likeness (QED) is 0.511. The average Bonchev–Trinajstić information content (AvgIpc) is 2.46. The van der Waals surface area contributed by atoms with Gasteiger partial charge >= 0.3 is 0 Å². The molecule has 0 bridgehead atoms. The van der Waals surface area contributed by atoms with E-state index in [2.05, 4.69) is 35.5 Å². The molecule has 0 spiro atoms. The molecule has 2 aromatic carbocycles. The van der Waals surface area contributed by atoms with Gasteiger partial charge in [-0.3, -0.25) is 4.98 Å². The maximum Gasteiger partial charge on any atom is 0.0865 e. The monoisotopic (exact) mass is 278 g/mol. The minimum atomic E-state index is -0.160. The van der Waals surface area contributed by atoms with E-state index < -0.39 is 0 Å². The first-order valence-corrected chi connectivity index (χ1v) is 7.16. The van der Waals surface area contributed by atoms with Gasteiger partial charge in [-0.25, -0.2) is 0 Å². The Kier molecular flexibility index (Phi) is 3.42. The van der Waals surface area contributed by atoms with Crippen LogP contribution in [0.3, 0.4) is 0 Å². The van der Waals surface area contributed by atoms with Crippen LogP contribution in [0.4, 0.5) is 0 Å². The number of pyridine rings is 1. The van der Waals surface area contributed by atoms with Gasteiger partial charge in [0.25, 0.3) is 0 Å². The van der Waals surface area contributed by atoms with E-state index in [1.165, 1.54) is 10.8 Å². The normalized spacial score (nSPS) is 11.9. The van der Waals surface area contributed by atoms with E-state index in [4.69, 9.17) is 4.98 Å². The van der Waals surface area contributed by atoms with Crippen molar-refractivity contribution < 1.29 is 0 Å². The molecule has 0 N–H and O–H groups in total. The number of rotatable bonds is 4. The Morgan fingerprint density at radius 3 is 2.52 bits per heavy atom. The van der Waals surface area contributed by atoms with E-state index in [1.54, 1.807) is 0 Å². The Morgan fingerprint density at radius 2 is 1.71 bits per heavy atom. The molecule has 3 aromatic rings. The molecule has 0 aliphatic rings. The first-order chi connectivity index (χ1) is 10.1. The third-order valence-electron chi connectivity index (χ3n) is 3.79. The van der Waals surface area contributed by atoms with Crippen molar-refractivity contribution in [1.29, 1.82) is 0 Å². The number of hydrogen-bond acceptors (Lipinski definition) is 3. The van der Waals surface area contributed by atoms with Crippen LogP contribution in [0.15, 0.2) is 53.7 Å². The van der Waals surface area contributed by atoms with Crippen molar-refractivity contribution in [1.82, 2.24) is 4.98 Å². The van der Waals surface area contributed by atoms with Gasteiger partial charge in [-0.1, -0.05) is 61.5 Å². The summed E-state index contributed by atoms with van der Waals surface area (Å²) in [6.07, 6.45) is 0.748. The fourth-order valence-corrected chi connectivity index (χ4v) is 2.72. The van der Waals surface area contributed by atoms with Gasteiger partial charge in [0, 0.05) is 16.5 Å². The summed E-state index contributed by atoms with van der Waals surface area (Å²) in [5.74, 6) is 0. The van der Waals surface area contributed by atoms with E-state index in [0.717, 1.165) is 23.0 Å². The topological polar surface area (TPSA) is 42.3 Å². The molecule has 21 heavy (non-hydrogen) atoms. The third kappa shape index (κ3) is 2.77. The predicted octanol–water partition coefficient (Wildman–Crippen LogP) is 4.72. The first kappa shape index (κ1) is 13.7. The number of nitroso groups, excluding NO2 is 1. The molecule has 0 saturated heterocycles. The zero-order chi connectivity index (χ0) is 14.9. The Bertz CT molecular complexity index is 809. The zero-order valence-electron chi connectivity index (χ0n) is 12.3. The SMILES string of the molecule is CC(C)(CN=O)Cc1ccc2ccc3ccccc3c2n1. The average molecular weight is 278 g/mol. The Labute approximate surface area is 124 Å². The molecule has 3 rings (SSSR count). The van der Waals surface area contributed by atoms with Crippen LogP contribution in [-0.2, 0) is 6.42 Å². The van der Waals surface area contributed by atoms with Crippen LogP contribution >= 0.6 is 0 Å². The lowest BCUT2D eigenvalue weighted by Gasteiger charge is -2.20. The van der Waals surface area contributed by atoms with Crippen LogP contribution < -0.4 is 0 Å². The Balaban J connectivity index is 2.10. The lowest BCUT2D eigenvalue weighted by molar-refractivity contribution is 0.373. The van der Waals surface area contributed by atoms with E-state index in [0.29, 0.717) is 6.54 Å². The largest absolute Gasteiger partial charge is 0.252 e. The molecule has 0 aliphatic heterocycles. The van der Waals surface area contributed by atoms with Gasteiger partial charge in [-0.15, -0.1) is 0 Å². The van der Waals surface area contributed by atoms with Crippen molar-refractivity contribution in [3.05, 3.63) is 59.1 Å². The highest BCUT2D eigenvalue weighted by atomic mass is 16.3. The third-order valence-corrected chi connectivity index (χ3v) is 3.79. The number of benzene rings is 2. The molecule has 0 radical (unpaired) electrons. The summed E-state index contributed by atoms with van der Waals surface area (Å²) in [4.78, 5) is 15.4. The van der Waals surface area contributed by atoms with Crippen LogP contribution in [0.2, 0.25) is 0 Å². The predicted molar refractivity (Wildman–Crippen MR) is 87.4 cm³/mol. The van der Waals surface area contributed by atoms with E-state index in [1.807, 2.05) is 32.0 Å². The molecule has 1 aromatic heterocycles. The van der Waals surface area contributed by atoms with Gasteiger partial charge in [0.1, 0.15) is 0 Å². The maximum absolute atomic E-state index is 10.5. The van der Waals surface area contributed by atoms with Crippen LogP contribution in [0.1, 0.15) is 19.5 Å². The van der Waals surface area contributed by atoms with E-state index >= 15 is 0 Å². The Hall–Kier alpha value is -2.29.